The van der Waals surface area contributed by atoms with Crippen LogP contribution in [0, 0.1) is 0 Å². The van der Waals surface area contributed by atoms with Crippen LogP contribution in [0.25, 0.3) is 0 Å². The van der Waals surface area contributed by atoms with Crippen molar-refractivity contribution in [3.63, 3.8) is 0 Å². The zero-order valence-corrected chi connectivity index (χ0v) is 16.0. The minimum atomic E-state index is -3.34. The molecule has 2 aromatic rings. The second-order valence-electron chi connectivity index (χ2n) is 6.11. The first kappa shape index (κ1) is 18.7. The number of hydrogen-bond acceptors (Lipinski definition) is 3. The summed E-state index contributed by atoms with van der Waals surface area (Å²) in [5, 5.41) is 4.40. The first-order chi connectivity index (χ1) is 12.0. The predicted molar refractivity (Wildman–Crippen MR) is 101 cm³/mol. The van der Waals surface area contributed by atoms with Gasteiger partial charge in [0.15, 0.2) is 0 Å². The molecular weight excluding hydrogens is 379 g/mol. The fraction of sp³-hybridized carbons (Fsp3) is 0.333. The van der Waals surface area contributed by atoms with Gasteiger partial charge in [-0.05, 0) is 48.2 Å². The Bertz CT molecular complexity index is 833. The molecule has 134 valence electrons. The Morgan fingerprint density at radius 3 is 2.12 bits per heavy atom. The molecule has 7 heteroatoms. The molecule has 1 aliphatic rings. The molecule has 0 aliphatic carbocycles. The van der Waals surface area contributed by atoms with Gasteiger partial charge in [0, 0.05) is 26.2 Å². The Morgan fingerprint density at radius 2 is 1.48 bits per heavy atom. The topological polar surface area (TPSA) is 49.4 Å². The van der Waals surface area contributed by atoms with Crippen LogP contribution in [0.4, 0.5) is 0 Å². The van der Waals surface area contributed by atoms with Crippen molar-refractivity contribution in [1.29, 1.82) is 0 Å². The van der Waals surface area contributed by atoms with E-state index in [4.69, 9.17) is 23.2 Å². The Hall–Kier alpha value is -1.11. The summed E-state index contributed by atoms with van der Waals surface area (Å²) in [4.78, 5) is 0.364. The van der Waals surface area contributed by atoms with Crippen molar-refractivity contribution in [2.45, 2.75) is 30.8 Å². The number of benzene rings is 2. The van der Waals surface area contributed by atoms with E-state index in [1.165, 1.54) is 0 Å². The van der Waals surface area contributed by atoms with E-state index in [2.05, 4.69) is 5.32 Å². The van der Waals surface area contributed by atoms with Gasteiger partial charge in [-0.3, -0.25) is 0 Å². The van der Waals surface area contributed by atoms with Crippen LogP contribution in [0.5, 0.6) is 0 Å². The molecule has 0 atom stereocenters. The lowest BCUT2D eigenvalue weighted by atomic mass is 10.2. The third kappa shape index (κ3) is 4.54. The van der Waals surface area contributed by atoms with Crippen LogP contribution in [-0.2, 0) is 23.1 Å². The van der Waals surface area contributed by atoms with Crippen molar-refractivity contribution in [3.8, 4) is 0 Å². The first-order valence-corrected chi connectivity index (χ1v) is 10.4. The van der Waals surface area contributed by atoms with Gasteiger partial charge in [-0.25, -0.2) is 8.42 Å². The van der Waals surface area contributed by atoms with E-state index in [0.717, 1.165) is 24.0 Å². The number of nitrogens with zero attached hydrogens (tertiary/aromatic N) is 1. The van der Waals surface area contributed by atoms with Crippen molar-refractivity contribution in [2.24, 2.45) is 0 Å². The van der Waals surface area contributed by atoms with Crippen LogP contribution in [0.2, 0.25) is 10.0 Å². The van der Waals surface area contributed by atoms with Gasteiger partial charge < -0.3 is 5.32 Å². The summed E-state index contributed by atoms with van der Waals surface area (Å²) in [6, 6.07) is 12.6. The molecular formula is C18H20Cl2N2O2S. The summed E-state index contributed by atoms with van der Waals surface area (Å²) in [6.07, 6.45) is 1.88. The highest BCUT2D eigenvalue weighted by atomic mass is 35.5. The van der Waals surface area contributed by atoms with Gasteiger partial charge in [-0.2, -0.15) is 4.31 Å². The lowest BCUT2D eigenvalue weighted by molar-refractivity contribution is 0.477. The van der Waals surface area contributed by atoms with Gasteiger partial charge in [0.2, 0.25) is 10.0 Å². The predicted octanol–water partition coefficient (Wildman–Crippen LogP) is 4.07. The van der Waals surface area contributed by atoms with Gasteiger partial charge in [0.05, 0.1) is 14.9 Å². The molecule has 0 radical (unpaired) electrons. The molecule has 1 N–H and O–H groups in total. The van der Waals surface area contributed by atoms with Gasteiger partial charge in [0.25, 0.3) is 0 Å². The molecule has 1 saturated heterocycles. The highest BCUT2D eigenvalue weighted by Crippen LogP contribution is 2.23. The number of nitrogens with one attached hydrogen (secondary N) is 1. The smallest absolute Gasteiger partial charge is 0.243 e. The monoisotopic (exact) mass is 398 g/mol. The van der Waals surface area contributed by atoms with Crippen molar-refractivity contribution >= 4 is 33.2 Å². The van der Waals surface area contributed by atoms with Crippen molar-refractivity contribution in [1.82, 2.24) is 9.62 Å². The van der Waals surface area contributed by atoms with E-state index in [1.54, 1.807) is 22.5 Å². The number of sulfonamides is 1. The van der Waals surface area contributed by atoms with Crippen LogP contribution in [0.1, 0.15) is 24.0 Å². The molecule has 0 bridgehead atoms. The molecule has 0 aromatic heterocycles. The summed E-state index contributed by atoms with van der Waals surface area (Å²) in [6.45, 7) is 2.54. The first-order valence-electron chi connectivity index (χ1n) is 8.20. The van der Waals surface area contributed by atoms with Gasteiger partial charge in [-0.15, -0.1) is 0 Å². The number of hydrogen-bond donors (Lipinski definition) is 1. The molecule has 1 heterocycles. The lowest BCUT2D eigenvalue weighted by Crippen LogP contribution is -2.27. The Balaban J connectivity index is 1.58. The van der Waals surface area contributed by atoms with Gasteiger partial charge in [0.1, 0.15) is 0 Å². The van der Waals surface area contributed by atoms with E-state index >= 15 is 0 Å². The van der Waals surface area contributed by atoms with Crippen LogP contribution >= 0.6 is 23.2 Å². The number of rotatable bonds is 6. The minimum Gasteiger partial charge on any atom is -0.309 e. The quantitative estimate of drug-likeness (QED) is 0.797. The zero-order valence-electron chi connectivity index (χ0n) is 13.7. The molecule has 25 heavy (non-hydrogen) atoms. The maximum atomic E-state index is 12.5. The molecule has 0 amide bonds. The standard InChI is InChI=1S/C18H20Cl2N2O2S/c19-17-8-5-15(11-18(17)20)13-21-12-14-3-6-16(7-4-14)25(23,24)22-9-1-2-10-22/h3-8,11,21H,1-2,9-10,12-13H2. The zero-order chi connectivity index (χ0) is 17.9. The summed E-state index contributed by atoms with van der Waals surface area (Å²) in [7, 11) is -3.34. The van der Waals surface area contributed by atoms with Gasteiger partial charge >= 0.3 is 0 Å². The molecule has 4 nitrogen and oxygen atoms in total. The lowest BCUT2D eigenvalue weighted by Gasteiger charge is -2.15. The van der Waals surface area contributed by atoms with E-state index in [1.807, 2.05) is 24.3 Å². The maximum Gasteiger partial charge on any atom is 0.243 e. The van der Waals surface area contributed by atoms with Crippen LogP contribution in [-0.4, -0.2) is 25.8 Å². The van der Waals surface area contributed by atoms with Crippen molar-refractivity contribution in [3.05, 3.63) is 63.6 Å². The van der Waals surface area contributed by atoms with Crippen molar-refractivity contribution < 1.29 is 8.42 Å². The summed E-state index contributed by atoms with van der Waals surface area (Å²) in [5.41, 5.74) is 2.07. The molecule has 3 rings (SSSR count). The van der Waals surface area contributed by atoms with E-state index in [0.29, 0.717) is 41.1 Å². The largest absolute Gasteiger partial charge is 0.309 e. The fourth-order valence-corrected chi connectivity index (χ4v) is 4.70. The molecule has 0 spiro atoms. The Kier molecular flexibility index (Phi) is 6.02. The number of halogens is 2. The normalized spacial score (nSPS) is 15.6. The highest BCUT2D eigenvalue weighted by molar-refractivity contribution is 7.89. The molecule has 0 saturated carbocycles. The highest BCUT2D eigenvalue weighted by Gasteiger charge is 2.26. The molecule has 2 aromatic carbocycles. The van der Waals surface area contributed by atoms with Crippen LogP contribution < -0.4 is 5.32 Å². The Labute approximate surface area is 158 Å². The average molecular weight is 399 g/mol. The third-order valence-corrected chi connectivity index (χ3v) is 6.92. The fourth-order valence-electron chi connectivity index (χ4n) is 2.86. The Morgan fingerprint density at radius 1 is 0.880 bits per heavy atom. The van der Waals surface area contributed by atoms with E-state index in [9.17, 15) is 8.42 Å². The SMILES string of the molecule is O=S(=O)(c1ccc(CNCc2ccc(Cl)c(Cl)c2)cc1)N1CCCC1. The molecule has 1 fully saturated rings. The maximum absolute atomic E-state index is 12.5. The minimum absolute atomic E-state index is 0.364. The van der Waals surface area contributed by atoms with Crippen molar-refractivity contribution in [2.75, 3.05) is 13.1 Å². The summed E-state index contributed by atoms with van der Waals surface area (Å²) >= 11 is 11.9. The second kappa shape index (κ2) is 8.06. The molecule has 1 aliphatic heterocycles. The van der Waals surface area contributed by atoms with E-state index < -0.39 is 10.0 Å². The van der Waals surface area contributed by atoms with Crippen LogP contribution in [0.15, 0.2) is 47.4 Å². The summed E-state index contributed by atoms with van der Waals surface area (Å²) < 4.78 is 26.5. The second-order valence-corrected chi connectivity index (χ2v) is 8.86. The summed E-state index contributed by atoms with van der Waals surface area (Å²) in [5.74, 6) is 0. The molecule has 0 unspecified atom stereocenters. The van der Waals surface area contributed by atoms with Gasteiger partial charge in [-0.1, -0.05) is 41.4 Å². The average Bonchev–Trinajstić information content (AvgIpc) is 3.14. The van der Waals surface area contributed by atoms with Crippen LogP contribution in [0.3, 0.4) is 0 Å². The van der Waals surface area contributed by atoms with E-state index in [-0.39, 0.29) is 0 Å². The third-order valence-electron chi connectivity index (χ3n) is 4.27.